The molecule has 7 heteroatoms. The lowest BCUT2D eigenvalue weighted by Gasteiger charge is -2.47. The predicted molar refractivity (Wildman–Crippen MR) is 114 cm³/mol. The molecule has 170 valence electrons. The Labute approximate surface area is 183 Å². The van der Waals surface area contributed by atoms with Gasteiger partial charge in [0.15, 0.2) is 5.79 Å². The second kappa shape index (κ2) is 11.2. The van der Waals surface area contributed by atoms with Crippen LogP contribution < -0.4 is 0 Å². The predicted octanol–water partition coefficient (Wildman–Crippen LogP) is 2.02. The maximum absolute atomic E-state index is 10.7. The van der Waals surface area contributed by atoms with Crippen LogP contribution in [0.4, 0.5) is 0 Å². The number of hydrogen-bond donors (Lipinski definition) is 3. The summed E-state index contributed by atoms with van der Waals surface area (Å²) >= 11 is 0. The molecule has 0 spiro atoms. The lowest BCUT2D eigenvalue weighted by atomic mass is 9.96. The monoisotopic (exact) mass is 432 g/mol. The van der Waals surface area contributed by atoms with Crippen molar-refractivity contribution in [3.05, 3.63) is 71.8 Å². The van der Waals surface area contributed by atoms with Crippen molar-refractivity contribution in [3.8, 4) is 0 Å². The molecule has 7 nitrogen and oxygen atoms in total. The Hall–Kier alpha value is -1.84. The highest BCUT2D eigenvalue weighted by Crippen LogP contribution is 2.32. The quantitative estimate of drug-likeness (QED) is 0.528. The maximum atomic E-state index is 10.7. The van der Waals surface area contributed by atoms with Crippen LogP contribution in [0.2, 0.25) is 0 Å². The van der Waals surface area contributed by atoms with E-state index in [0.29, 0.717) is 6.61 Å². The second-order valence-electron chi connectivity index (χ2n) is 8.14. The molecule has 0 saturated carbocycles. The molecule has 0 unspecified atom stereocenters. The van der Waals surface area contributed by atoms with E-state index in [0.717, 1.165) is 11.1 Å². The molecule has 1 fully saturated rings. The lowest BCUT2D eigenvalue weighted by Crippen LogP contribution is -2.62. The summed E-state index contributed by atoms with van der Waals surface area (Å²) < 4.78 is 24.0. The van der Waals surface area contributed by atoms with Crippen LogP contribution in [0.1, 0.15) is 25.0 Å². The number of ether oxygens (including phenoxy) is 4. The van der Waals surface area contributed by atoms with E-state index in [2.05, 4.69) is 0 Å². The van der Waals surface area contributed by atoms with Crippen LogP contribution in [-0.4, -0.2) is 64.8 Å². The summed E-state index contributed by atoms with van der Waals surface area (Å²) in [4.78, 5) is 0. The zero-order valence-corrected chi connectivity index (χ0v) is 18.0. The van der Waals surface area contributed by atoms with Crippen molar-refractivity contribution in [2.24, 2.45) is 0 Å². The summed E-state index contributed by atoms with van der Waals surface area (Å²) in [6.07, 6.45) is -4.92. The van der Waals surface area contributed by atoms with E-state index < -0.39 is 42.9 Å². The summed E-state index contributed by atoms with van der Waals surface area (Å²) in [7, 11) is 0. The van der Waals surface area contributed by atoms with Crippen LogP contribution in [0.15, 0.2) is 60.7 Å². The van der Waals surface area contributed by atoms with Crippen LogP contribution in [0.3, 0.4) is 0 Å². The molecule has 2 aromatic rings. The summed E-state index contributed by atoms with van der Waals surface area (Å²) in [5.41, 5.74) is 1.98. The standard InChI is InChI=1S/C24H32O7/c1-24(2)30-20(16-28-14-17-9-5-3-6-10-17)22(23(31-24)21(27)19(26)13-25)29-15-18-11-7-4-8-12-18/h3-12,19-23,25-27H,13-16H2,1-2H3/t19-,20-,21+,22+,23-/m0/s1. The average molecular weight is 433 g/mol. The van der Waals surface area contributed by atoms with Crippen molar-refractivity contribution in [2.45, 2.75) is 63.4 Å². The second-order valence-corrected chi connectivity index (χ2v) is 8.14. The Morgan fingerprint density at radius 3 is 2.06 bits per heavy atom. The SMILES string of the molecule is CC1(C)O[C@@H]([C@H](O)[C@@H](O)CO)[C@H](OCc2ccccc2)[C@H](COCc2ccccc2)O1. The molecule has 1 heterocycles. The first-order chi connectivity index (χ1) is 14.9. The fourth-order valence-electron chi connectivity index (χ4n) is 3.62. The third-order valence-electron chi connectivity index (χ3n) is 5.14. The number of hydrogen-bond acceptors (Lipinski definition) is 7. The van der Waals surface area contributed by atoms with Gasteiger partial charge in [-0.25, -0.2) is 0 Å². The minimum atomic E-state index is -1.37. The highest BCUT2D eigenvalue weighted by atomic mass is 16.7. The topological polar surface area (TPSA) is 97.6 Å². The van der Waals surface area contributed by atoms with E-state index in [1.807, 2.05) is 60.7 Å². The number of aliphatic hydroxyl groups is 3. The normalized spacial score (nSPS) is 25.1. The van der Waals surface area contributed by atoms with Gasteiger partial charge in [0.25, 0.3) is 0 Å². The Bertz CT molecular complexity index is 768. The summed E-state index contributed by atoms with van der Waals surface area (Å²) in [6, 6.07) is 19.4. The van der Waals surface area contributed by atoms with Crippen LogP contribution in [0, 0.1) is 0 Å². The average Bonchev–Trinajstić information content (AvgIpc) is 2.78. The molecule has 0 aliphatic carbocycles. The highest BCUT2D eigenvalue weighted by molar-refractivity contribution is 5.14. The van der Waals surface area contributed by atoms with Gasteiger partial charge in [0.2, 0.25) is 0 Å². The lowest BCUT2D eigenvalue weighted by molar-refractivity contribution is -0.361. The van der Waals surface area contributed by atoms with E-state index >= 15 is 0 Å². The molecule has 5 atom stereocenters. The number of rotatable bonds is 10. The molecule has 0 aromatic heterocycles. The molecule has 31 heavy (non-hydrogen) atoms. The Morgan fingerprint density at radius 2 is 1.48 bits per heavy atom. The molecule has 0 radical (unpaired) electrons. The van der Waals surface area contributed by atoms with Gasteiger partial charge in [-0.2, -0.15) is 0 Å². The molecular formula is C24H32O7. The molecular weight excluding hydrogens is 400 g/mol. The Balaban J connectivity index is 1.75. The fourth-order valence-corrected chi connectivity index (χ4v) is 3.62. The van der Waals surface area contributed by atoms with Gasteiger partial charge in [-0.05, 0) is 25.0 Å². The van der Waals surface area contributed by atoms with Crippen LogP contribution in [0.5, 0.6) is 0 Å². The van der Waals surface area contributed by atoms with Crippen molar-refractivity contribution in [3.63, 3.8) is 0 Å². The van der Waals surface area contributed by atoms with E-state index in [1.165, 1.54) is 0 Å². The molecule has 3 rings (SSSR count). The van der Waals surface area contributed by atoms with Crippen molar-refractivity contribution < 1.29 is 34.3 Å². The first-order valence-electron chi connectivity index (χ1n) is 10.5. The van der Waals surface area contributed by atoms with Crippen molar-refractivity contribution in [1.29, 1.82) is 0 Å². The van der Waals surface area contributed by atoms with Gasteiger partial charge in [0, 0.05) is 0 Å². The van der Waals surface area contributed by atoms with Gasteiger partial charge >= 0.3 is 0 Å². The van der Waals surface area contributed by atoms with Gasteiger partial charge in [0.05, 0.1) is 26.4 Å². The van der Waals surface area contributed by atoms with Crippen LogP contribution in [0.25, 0.3) is 0 Å². The highest BCUT2D eigenvalue weighted by Gasteiger charge is 2.48. The van der Waals surface area contributed by atoms with E-state index in [9.17, 15) is 15.3 Å². The molecule has 2 aromatic carbocycles. The van der Waals surface area contributed by atoms with Gasteiger partial charge in [-0.3, -0.25) is 0 Å². The number of benzene rings is 2. The van der Waals surface area contributed by atoms with Gasteiger partial charge in [-0.15, -0.1) is 0 Å². The van der Waals surface area contributed by atoms with E-state index in [1.54, 1.807) is 13.8 Å². The van der Waals surface area contributed by atoms with Crippen molar-refractivity contribution in [1.82, 2.24) is 0 Å². The van der Waals surface area contributed by atoms with Crippen LogP contribution >= 0.6 is 0 Å². The molecule has 0 amide bonds. The van der Waals surface area contributed by atoms with Crippen LogP contribution in [-0.2, 0) is 32.2 Å². The van der Waals surface area contributed by atoms with E-state index in [4.69, 9.17) is 18.9 Å². The van der Waals surface area contributed by atoms with Gasteiger partial charge < -0.3 is 34.3 Å². The summed E-state index contributed by atoms with van der Waals surface area (Å²) in [6.45, 7) is 3.75. The first-order valence-corrected chi connectivity index (χ1v) is 10.5. The molecule has 1 aliphatic heterocycles. The van der Waals surface area contributed by atoms with Gasteiger partial charge in [-0.1, -0.05) is 60.7 Å². The molecule has 0 bridgehead atoms. The Morgan fingerprint density at radius 1 is 0.903 bits per heavy atom. The Kier molecular flexibility index (Phi) is 8.57. The summed E-state index contributed by atoms with van der Waals surface area (Å²) in [5.74, 6) is -1.03. The zero-order valence-electron chi connectivity index (χ0n) is 18.0. The van der Waals surface area contributed by atoms with Gasteiger partial charge in [0.1, 0.15) is 30.5 Å². The molecule has 3 N–H and O–H groups in total. The first kappa shape index (κ1) is 23.8. The van der Waals surface area contributed by atoms with Crippen molar-refractivity contribution >= 4 is 0 Å². The van der Waals surface area contributed by atoms with E-state index in [-0.39, 0.29) is 13.2 Å². The minimum absolute atomic E-state index is 0.208. The number of aliphatic hydroxyl groups excluding tert-OH is 3. The van der Waals surface area contributed by atoms with Crippen molar-refractivity contribution in [2.75, 3.05) is 13.2 Å². The third kappa shape index (κ3) is 6.82. The third-order valence-corrected chi connectivity index (χ3v) is 5.14. The maximum Gasteiger partial charge on any atom is 0.164 e. The summed E-state index contributed by atoms with van der Waals surface area (Å²) in [5, 5.41) is 30.0. The molecule has 1 saturated heterocycles. The zero-order chi connectivity index (χ0) is 22.3. The molecule has 1 aliphatic rings. The largest absolute Gasteiger partial charge is 0.394 e. The minimum Gasteiger partial charge on any atom is -0.394 e. The fraction of sp³-hybridized carbons (Fsp3) is 0.500. The smallest absolute Gasteiger partial charge is 0.164 e.